The van der Waals surface area contributed by atoms with Crippen molar-refractivity contribution in [2.45, 2.75) is 17.9 Å². The molecule has 0 aliphatic rings. The Balaban J connectivity index is 3.23. The summed E-state index contributed by atoms with van der Waals surface area (Å²) in [5.74, 6) is -1.25. The Kier molecular flexibility index (Phi) is 4.69. The average molecular weight is 294 g/mol. The van der Waals surface area contributed by atoms with Gasteiger partial charge in [-0.15, -0.1) is 0 Å². The Morgan fingerprint density at radius 1 is 1.50 bits per heavy atom. The van der Waals surface area contributed by atoms with Crippen LogP contribution in [0.1, 0.15) is 17.3 Å². The number of carboxylic acids is 1. The number of aromatic carboxylic acids is 1. The first-order chi connectivity index (χ1) is 8.27. The molecule has 1 unspecified atom stereocenters. The summed E-state index contributed by atoms with van der Waals surface area (Å²) < 4.78 is 26.0. The fourth-order valence-corrected chi connectivity index (χ4v) is 2.97. The number of sulfonamides is 1. The van der Waals surface area contributed by atoms with Gasteiger partial charge in [0.05, 0.1) is 17.2 Å². The van der Waals surface area contributed by atoms with Gasteiger partial charge in [0.2, 0.25) is 10.0 Å². The van der Waals surface area contributed by atoms with Gasteiger partial charge in [-0.05, 0) is 25.1 Å². The van der Waals surface area contributed by atoms with Gasteiger partial charge in [0, 0.05) is 6.04 Å². The van der Waals surface area contributed by atoms with Crippen molar-refractivity contribution in [3.8, 4) is 0 Å². The molecule has 0 aromatic heterocycles. The van der Waals surface area contributed by atoms with Crippen molar-refractivity contribution < 1.29 is 23.4 Å². The molecular weight excluding hydrogens is 282 g/mol. The normalized spacial score (nSPS) is 13.3. The SMILES string of the molecule is CC(CO)NS(=O)(=O)c1cc(C(=O)O)ccc1Cl. The molecule has 0 bridgehead atoms. The molecule has 8 heteroatoms. The highest BCUT2D eigenvalue weighted by molar-refractivity contribution is 7.89. The number of benzene rings is 1. The summed E-state index contributed by atoms with van der Waals surface area (Å²) in [6.45, 7) is 1.09. The summed E-state index contributed by atoms with van der Waals surface area (Å²) in [7, 11) is -3.96. The number of halogens is 1. The standard InChI is InChI=1S/C10H12ClNO5S/c1-6(5-13)12-18(16,17)9-4-7(10(14)15)2-3-8(9)11/h2-4,6,12-13H,5H2,1H3,(H,14,15). The molecule has 0 saturated carbocycles. The van der Waals surface area contributed by atoms with E-state index in [0.717, 1.165) is 6.07 Å². The van der Waals surface area contributed by atoms with E-state index in [-0.39, 0.29) is 22.1 Å². The topological polar surface area (TPSA) is 104 Å². The third kappa shape index (κ3) is 3.42. The lowest BCUT2D eigenvalue weighted by Gasteiger charge is -2.12. The number of nitrogens with one attached hydrogen (secondary N) is 1. The van der Waals surface area contributed by atoms with Crippen LogP contribution in [0.15, 0.2) is 23.1 Å². The van der Waals surface area contributed by atoms with Crippen LogP contribution >= 0.6 is 11.6 Å². The number of carbonyl (C=O) groups is 1. The molecule has 0 fully saturated rings. The molecule has 3 N–H and O–H groups in total. The Morgan fingerprint density at radius 3 is 2.61 bits per heavy atom. The number of rotatable bonds is 5. The molecule has 0 aliphatic carbocycles. The second-order valence-electron chi connectivity index (χ2n) is 3.66. The van der Waals surface area contributed by atoms with Gasteiger partial charge < -0.3 is 10.2 Å². The predicted octanol–water partition coefficient (Wildman–Crippen LogP) is 0.697. The molecule has 6 nitrogen and oxygen atoms in total. The van der Waals surface area contributed by atoms with E-state index < -0.39 is 22.0 Å². The average Bonchev–Trinajstić information content (AvgIpc) is 2.28. The molecule has 100 valence electrons. The number of hydrogen-bond acceptors (Lipinski definition) is 4. The molecule has 18 heavy (non-hydrogen) atoms. The summed E-state index contributed by atoms with van der Waals surface area (Å²) in [5.41, 5.74) is -0.184. The van der Waals surface area contributed by atoms with Crippen molar-refractivity contribution in [3.63, 3.8) is 0 Å². The Morgan fingerprint density at radius 2 is 2.11 bits per heavy atom. The summed E-state index contributed by atoms with van der Waals surface area (Å²) in [6.07, 6.45) is 0. The van der Waals surface area contributed by atoms with Crippen LogP contribution in [0, 0.1) is 0 Å². The molecule has 1 atom stereocenters. The molecular formula is C10H12ClNO5S. The van der Waals surface area contributed by atoms with E-state index in [9.17, 15) is 13.2 Å². The number of hydrogen-bond donors (Lipinski definition) is 3. The second-order valence-corrected chi connectivity index (χ2v) is 5.74. The zero-order valence-corrected chi connectivity index (χ0v) is 11.0. The molecule has 1 aromatic carbocycles. The van der Waals surface area contributed by atoms with E-state index in [1.54, 1.807) is 0 Å². The van der Waals surface area contributed by atoms with Gasteiger partial charge in [0.15, 0.2) is 0 Å². The smallest absolute Gasteiger partial charge is 0.335 e. The third-order valence-electron chi connectivity index (χ3n) is 2.10. The lowest BCUT2D eigenvalue weighted by molar-refractivity contribution is 0.0696. The van der Waals surface area contributed by atoms with Crippen LogP contribution in [0.2, 0.25) is 5.02 Å². The zero-order chi connectivity index (χ0) is 13.9. The highest BCUT2D eigenvalue weighted by Crippen LogP contribution is 2.22. The minimum Gasteiger partial charge on any atom is -0.478 e. The number of carboxylic acid groups (broad SMARTS) is 1. The van der Waals surface area contributed by atoms with Crippen LogP contribution in [-0.4, -0.2) is 37.2 Å². The van der Waals surface area contributed by atoms with Gasteiger partial charge >= 0.3 is 5.97 Å². The highest BCUT2D eigenvalue weighted by atomic mass is 35.5. The summed E-state index contributed by atoms with van der Waals surface area (Å²) in [6, 6.07) is 2.68. The van der Waals surface area contributed by atoms with Crippen LogP contribution in [-0.2, 0) is 10.0 Å². The van der Waals surface area contributed by atoms with Gasteiger partial charge in [-0.1, -0.05) is 11.6 Å². The van der Waals surface area contributed by atoms with Crippen LogP contribution in [0.3, 0.4) is 0 Å². The summed E-state index contributed by atoms with van der Waals surface area (Å²) in [5, 5.41) is 17.5. The minimum absolute atomic E-state index is 0.0855. The maximum atomic E-state index is 11.9. The first-order valence-electron chi connectivity index (χ1n) is 4.94. The second kappa shape index (κ2) is 5.66. The zero-order valence-electron chi connectivity index (χ0n) is 9.42. The van der Waals surface area contributed by atoms with Crippen molar-refractivity contribution in [1.29, 1.82) is 0 Å². The lowest BCUT2D eigenvalue weighted by atomic mass is 10.2. The Hall–Kier alpha value is -1.15. The third-order valence-corrected chi connectivity index (χ3v) is 4.17. The van der Waals surface area contributed by atoms with Gasteiger partial charge in [0.25, 0.3) is 0 Å². The molecule has 1 rings (SSSR count). The van der Waals surface area contributed by atoms with Crippen LogP contribution in [0.4, 0.5) is 0 Å². The van der Waals surface area contributed by atoms with Gasteiger partial charge in [0.1, 0.15) is 4.90 Å². The Labute approximate surface area is 109 Å². The molecule has 0 heterocycles. The molecule has 1 aromatic rings. The van der Waals surface area contributed by atoms with E-state index in [4.69, 9.17) is 21.8 Å². The fraction of sp³-hybridized carbons (Fsp3) is 0.300. The van der Waals surface area contributed by atoms with Crippen LogP contribution in [0.25, 0.3) is 0 Å². The summed E-state index contributed by atoms with van der Waals surface area (Å²) >= 11 is 5.74. The van der Waals surface area contributed by atoms with Crippen LogP contribution in [0.5, 0.6) is 0 Å². The van der Waals surface area contributed by atoms with E-state index in [1.807, 2.05) is 0 Å². The van der Waals surface area contributed by atoms with E-state index in [0.29, 0.717) is 0 Å². The quantitative estimate of drug-likeness (QED) is 0.741. The largest absolute Gasteiger partial charge is 0.478 e. The molecule has 0 saturated heterocycles. The van der Waals surface area contributed by atoms with Crippen LogP contribution < -0.4 is 4.72 Å². The monoisotopic (exact) mass is 293 g/mol. The first-order valence-corrected chi connectivity index (χ1v) is 6.80. The molecule has 0 spiro atoms. The van der Waals surface area contributed by atoms with Gasteiger partial charge in [-0.3, -0.25) is 0 Å². The van der Waals surface area contributed by atoms with E-state index >= 15 is 0 Å². The highest BCUT2D eigenvalue weighted by Gasteiger charge is 2.21. The molecule has 0 radical (unpaired) electrons. The maximum Gasteiger partial charge on any atom is 0.335 e. The van der Waals surface area contributed by atoms with Gasteiger partial charge in [-0.25, -0.2) is 17.9 Å². The fourth-order valence-electron chi connectivity index (χ4n) is 1.21. The lowest BCUT2D eigenvalue weighted by Crippen LogP contribution is -2.35. The van der Waals surface area contributed by atoms with Crippen molar-refractivity contribution in [1.82, 2.24) is 4.72 Å². The minimum atomic E-state index is -3.96. The predicted molar refractivity (Wildman–Crippen MR) is 65.3 cm³/mol. The molecule has 0 amide bonds. The van der Waals surface area contributed by atoms with E-state index in [1.165, 1.54) is 19.1 Å². The van der Waals surface area contributed by atoms with Crippen molar-refractivity contribution in [2.75, 3.05) is 6.61 Å². The first kappa shape index (κ1) is 14.9. The van der Waals surface area contributed by atoms with E-state index in [2.05, 4.69) is 4.72 Å². The van der Waals surface area contributed by atoms with Gasteiger partial charge in [-0.2, -0.15) is 0 Å². The van der Waals surface area contributed by atoms with Crippen molar-refractivity contribution >= 4 is 27.6 Å². The summed E-state index contributed by atoms with van der Waals surface area (Å²) in [4.78, 5) is 10.4. The number of aliphatic hydroxyl groups is 1. The molecule has 0 aliphatic heterocycles. The Bertz CT molecular complexity index is 557. The maximum absolute atomic E-state index is 11.9. The van der Waals surface area contributed by atoms with Crippen molar-refractivity contribution in [3.05, 3.63) is 28.8 Å². The van der Waals surface area contributed by atoms with Crippen molar-refractivity contribution in [2.24, 2.45) is 0 Å². The number of aliphatic hydroxyl groups excluding tert-OH is 1.